The average Bonchev–Trinajstić information content (AvgIpc) is 1.90. The van der Waals surface area contributed by atoms with Crippen LogP contribution in [-0.2, 0) is 81.9 Å². The summed E-state index contributed by atoms with van der Waals surface area (Å²) in [6, 6.07) is 57.6. The monoisotopic (exact) mass is 1820 g/mol. The predicted molar refractivity (Wildman–Crippen MR) is 517 cm³/mol. The Kier molecular flexibility index (Phi) is 26.7. The molecule has 0 saturated carbocycles. The third kappa shape index (κ3) is 17.4. The molecule has 694 valence electrons. The summed E-state index contributed by atoms with van der Waals surface area (Å²) in [7, 11) is 10.5. The number of carbonyl (C=O) groups excluding carboxylic acids is 5. The molecule has 4 atom stereocenters. The van der Waals surface area contributed by atoms with Gasteiger partial charge in [0.15, 0.2) is 0 Å². The number of amides is 5. The number of carbonyl (C=O) groups is 5. The fourth-order valence-corrected chi connectivity index (χ4v) is 23.5. The number of alkyl halides is 1. The van der Waals surface area contributed by atoms with Gasteiger partial charge in [-0.2, -0.15) is 0 Å². The molecule has 8 aliphatic heterocycles. The van der Waals surface area contributed by atoms with Crippen molar-refractivity contribution < 1.29 is 68.1 Å². The van der Waals surface area contributed by atoms with Crippen LogP contribution in [0.1, 0.15) is 91.0 Å². The molecule has 133 heavy (non-hydrogen) atoms. The van der Waals surface area contributed by atoms with Gasteiger partial charge in [-0.1, -0.05) is 122 Å². The Balaban J connectivity index is 0.000000124. The normalized spacial score (nSPS) is 20.4. The molecule has 3 aliphatic carbocycles. The van der Waals surface area contributed by atoms with Crippen molar-refractivity contribution in [1.29, 1.82) is 0 Å². The van der Waals surface area contributed by atoms with Crippen molar-refractivity contribution in [2.45, 2.75) is 95.8 Å². The van der Waals surface area contributed by atoms with Gasteiger partial charge in [-0.05, 0) is 219 Å². The van der Waals surface area contributed by atoms with Crippen molar-refractivity contribution in [2.75, 3.05) is 152 Å². The van der Waals surface area contributed by atoms with Gasteiger partial charge in [-0.25, -0.2) is 0 Å². The first-order valence-corrected chi connectivity index (χ1v) is 46.3. The van der Waals surface area contributed by atoms with Gasteiger partial charge < -0.3 is 73.6 Å². The molecule has 4 unspecified atom stereocenters. The number of aryl methyl sites for hydroxylation is 3. The molecule has 11 aliphatic rings. The highest BCUT2D eigenvalue weighted by Crippen LogP contribution is 2.59. The number of hydrogen-bond acceptors (Lipinski definition) is 18. The maximum absolute atomic E-state index is 12.4. The molecule has 0 radical (unpaired) electrons. The summed E-state index contributed by atoms with van der Waals surface area (Å²) in [5.41, 5.74) is 25.9. The van der Waals surface area contributed by atoms with Gasteiger partial charge in [0.05, 0.1) is 91.7 Å². The zero-order valence-corrected chi connectivity index (χ0v) is 78.3. The summed E-state index contributed by atoms with van der Waals surface area (Å²) in [4.78, 5) is 77.6. The Hall–Kier alpha value is -11.9. The molecule has 0 bridgehead atoms. The molecule has 1 aromatic heterocycles. The number of rotatable bonds is 22. The van der Waals surface area contributed by atoms with E-state index in [0.29, 0.717) is 71.1 Å². The molecule has 4 saturated heterocycles. The molecule has 9 aromatic rings. The number of anilines is 1. The van der Waals surface area contributed by atoms with Gasteiger partial charge in [0, 0.05) is 163 Å². The first-order valence-electron chi connectivity index (χ1n) is 45.7. The number of aromatic nitrogens is 1. The number of hydrogen-bond donors (Lipinski definition) is 5. The molecule has 9 heterocycles. The maximum Gasteiger partial charge on any atom is 0.247 e. The molecule has 24 nitrogen and oxygen atoms in total. The van der Waals surface area contributed by atoms with E-state index < -0.39 is 0 Å². The summed E-state index contributed by atoms with van der Waals surface area (Å²) < 4.78 is 29.4. The molecule has 5 amide bonds. The number of ether oxygens (including phenoxy) is 5. The first kappa shape index (κ1) is 92.9. The topological polar surface area (TPSA) is 255 Å². The van der Waals surface area contributed by atoms with Gasteiger partial charge in [0.25, 0.3) is 0 Å². The molecule has 5 N–H and O–H groups in total. The lowest BCUT2D eigenvalue weighted by molar-refractivity contribution is -0.139. The van der Waals surface area contributed by atoms with Gasteiger partial charge in [-0.3, -0.25) is 43.6 Å². The van der Waals surface area contributed by atoms with Crippen LogP contribution in [0.15, 0.2) is 225 Å². The smallest absolute Gasteiger partial charge is 0.247 e. The lowest BCUT2D eigenvalue weighted by Crippen LogP contribution is -2.67. The van der Waals surface area contributed by atoms with Gasteiger partial charge in [-0.15, -0.1) is 11.6 Å². The number of aliphatic hydroxyl groups excluding tert-OH is 4. The number of methoxy groups -OCH3 is 5. The summed E-state index contributed by atoms with van der Waals surface area (Å²) >= 11 is 5.85. The van der Waals surface area contributed by atoms with Crippen molar-refractivity contribution in [3.05, 3.63) is 303 Å². The van der Waals surface area contributed by atoms with Crippen LogP contribution in [0.25, 0.3) is 27.6 Å². The first-order chi connectivity index (χ1) is 64.3. The molecular formula is C108H121ClN10O14. The Morgan fingerprint density at radius 2 is 0.744 bits per heavy atom. The number of likely N-dealkylation sites (tertiary alicyclic amines) is 4. The molecule has 25 heteroatoms. The highest BCUT2D eigenvalue weighted by Gasteiger charge is 2.60. The van der Waals surface area contributed by atoms with Crippen LogP contribution in [0.5, 0.6) is 28.7 Å². The SMILES string of the molecule is C=CC(=O)N1CC2(C1)CN(Cc1ccc(C)cc1)C(CO)C1=C2c2ccc(OC)cc2C1.C=CC(=O)Nc1ccc(CN2CC3(CN(C(=O)C=C)C3)C3=C(Cc4cc(OC)ccc43)C2CO)cc1.COc1ccc(CN2CC3(CN(C(C)=O)C3)c3c(n(C)c4cc(OC)ccc34)C2CO)cc1.COc1ccc2c(c1)CC1=C2C2(CN(C(=O)CCl)C2)CN(Cc2ccc(C)cc2)C1CO. The molecule has 20 rings (SSSR count). The highest BCUT2D eigenvalue weighted by atomic mass is 35.5. The summed E-state index contributed by atoms with van der Waals surface area (Å²) in [6.45, 7) is 28.2. The Bertz CT molecular complexity index is 6100. The van der Waals surface area contributed by atoms with Crippen molar-refractivity contribution in [1.82, 2.24) is 43.8 Å². The minimum atomic E-state index is -0.249. The zero-order valence-electron chi connectivity index (χ0n) is 77.6. The number of aliphatic hydroxyl groups is 4. The van der Waals surface area contributed by atoms with E-state index in [1.807, 2.05) is 80.3 Å². The molecule has 8 aromatic carbocycles. The van der Waals surface area contributed by atoms with Crippen molar-refractivity contribution in [2.24, 2.45) is 23.3 Å². The number of nitrogens with one attached hydrogen (secondary N) is 1. The van der Waals surface area contributed by atoms with Crippen molar-refractivity contribution >= 4 is 74.4 Å². The van der Waals surface area contributed by atoms with Crippen LogP contribution >= 0.6 is 11.6 Å². The van der Waals surface area contributed by atoms with Crippen LogP contribution in [0, 0.1) is 30.1 Å². The third-order valence-electron chi connectivity index (χ3n) is 29.6. The van der Waals surface area contributed by atoms with Crippen molar-refractivity contribution in [3.8, 4) is 28.7 Å². The second-order valence-corrected chi connectivity index (χ2v) is 38.1. The van der Waals surface area contributed by atoms with E-state index in [2.05, 4.69) is 179 Å². The lowest BCUT2D eigenvalue weighted by atomic mass is 9.66. The molecule has 4 fully saturated rings. The zero-order chi connectivity index (χ0) is 93.7. The highest BCUT2D eigenvalue weighted by molar-refractivity contribution is 6.27. The number of benzene rings is 8. The summed E-state index contributed by atoms with van der Waals surface area (Å²) in [5, 5.41) is 46.0. The average molecular weight is 1820 g/mol. The lowest BCUT2D eigenvalue weighted by Gasteiger charge is -2.57. The van der Waals surface area contributed by atoms with E-state index in [0.717, 1.165) is 110 Å². The fourth-order valence-electron chi connectivity index (χ4n) is 23.4. The van der Waals surface area contributed by atoms with E-state index in [1.54, 1.807) is 42.5 Å². The van der Waals surface area contributed by atoms with Gasteiger partial charge >= 0.3 is 0 Å². The minimum Gasteiger partial charge on any atom is -0.497 e. The van der Waals surface area contributed by atoms with E-state index >= 15 is 0 Å². The quantitative estimate of drug-likeness (QED) is 0.0312. The van der Waals surface area contributed by atoms with Crippen LogP contribution < -0.4 is 29.0 Å². The van der Waals surface area contributed by atoms with E-state index in [1.165, 1.54) is 118 Å². The fraction of sp³-hybridized carbons (Fsp3) is 0.380. The summed E-state index contributed by atoms with van der Waals surface area (Å²) in [5.74, 6) is 3.96. The van der Waals surface area contributed by atoms with Crippen LogP contribution in [0.3, 0.4) is 0 Å². The third-order valence-corrected chi connectivity index (χ3v) is 29.8. The number of nitrogens with zero attached hydrogens (tertiary/aromatic N) is 9. The van der Waals surface area contributed by atoms with E-state index in [-0.39, 0.29) is 108 Å². The van der Waals surface area contributed by atoms with Crippen LogP contribution in [0.4, 0.5) is 5.69 Å². The standard InChI is InChI=1S/C29H31N3O4.C27H30N2O3.C26H29ClN2O3.C26H31N3O4/c1-4-26(34)30-21-8-6-19(7-9-21)14-31-16-29(17-32(18-29)27(35)5-2)28-23-11-10-22(36-3)12-20(23)13-24(28)25(31)15-33;1-4-25(31)29-16-27(17-29)15-28(13-19-7-5-18(2)6-8-19)24(14-30)23-12-20-11-21(32-3)9-10-22(20)26(23)27;1-17-3-5-18(6-4-17)12-28-14-26(15-29(16-26)24(31)11-27)25-21-8-7-20(32-2)9-19(21)10-22(25)23(28)13-30;1-17(31)29-15-26(16-29)14-28(12-18-5-7-19(32-3)8-6-18)23(13-30)25-24(26)21-10-9-20(33-4)11-22(21)27(25)2/h4-12,25,33H,1-2,13-18H2,3H3,(H,30,34);4-11,24,30H,1,12-17H2,2-3H3;3-9,23,30H,10-16H2,1-2H3;5-11,23,30H,12-16H2,1-4H3. The Morgan fingerprint density at radius 1 is 0.414 bits per heavy atom. The predicted octanol–water partition coefficient (Wildman–Crippen LogP) is 12.3. The second kappa shape index (κ2) is 38.2. The molecular weight excluding hydrogens is 1700 g/mol. The second-order valence-electron chi connectivity index (χ2n) is 37.8. The largest absolute Gasteiger partial charge is 0.497 e. The van der Waals surface area contributed by atoms with Gasteiger partial charge in [0.2, 0.25) is 29.5 Å². The number of halogens is 1. The van der Waals surface area contributed by atoms with Crippen LogP contribution in [0.2, 0.25) is 0 Å². The summed E-state index contributed by atoms with van der Waals surface area (Å²) in [6.07, 6.45) is 6.40. The van der Waals surface area contributed by atoms with Crippen LogP contribution in [-0.4, -0.2) is 258 Å². The maximum atomic E-state index is 12.4. The van der Waals surface area contributed by atoms with E-state index in [4.69, 9.17) is 35.3 Å². The van der Waals surface area contributed by atoms with Crippen molar-refractivity contribution in [3.63, 3.8) is 0 Å². The Morgan fingerprint density at radius 3 is 1.10 bits per heavy atom. The Labute approximate surface area is 783 Å². The minimum absolute atomic E-state index is 0.0123. The molecule has 4 spiro atoms. The van der Waals surface area contributed by atoms with E-state index in [9.17, 15) is 44.4 Å². The van der Waals surface area contributed by atoms with Gasteiger partial charge in [0.1, 0.15) is 34.6 Å². The number of fused-ring (bicyclic) bond motifs is 13.